The first-order valence-electron chi connectivity index (χ1n) is 6.92. The Balaban J connectivity index is 2.23. The minimum atomic E-state index is -4.42. The monoisotopic (exact) mass is 310 g/mol. The lowest BCUT2D eigenvalue weighted by Gasteiger charge is -2.15. The van der Waals surface area contributed by atoms with Crippen LogP contribution in [0.25, 0.3) is 0 Å². The standard InChI is InChI=1S/C15H17F3N4/c1-3-10(2)21-13-8-14(20-9-19-13)22-12-7-5-4-6-11(12)15(16,17)18/h4-10H,3H2,1-2H3,(H2,19,20,21,22). The molecule has 22 heavy (non-hydrogen) atoms. The quantitative estimate of drug-likeness (QED) is 0.856. The zero-order valence-corrected chi connectivity index (χ0v) is 12.3. The average Bonchev–Trinajstić information content (AvgIpc) is 2.47. The van der Waals surface area contributed by atoms with Gasteiger partial charge >= 0.3 is 6.18 Å². The van der Waals surface area contributed by atoms with Crippen molar-refractivity contribution in [3.05, 3.63) is 42.2 Å². The van der Waals surface area contributed by atoms with Gasteiger partial charge in [0.1, 0.15) is 18.0 Å². The highest BCUT2D eigenvalue weighted by Crippen LogP contribution is 2.35. The van der Waals surface area contributed by atoms with E-state index in [1.807, 2.05) is 13.8 Å². The van der Waals surface area contributed by atoms with Crippen molar-refractivity contribution in [1.29, 1.82) is 0 Å². The Hall–Kier alpha value is -2.31. The Morgan fingerprint density at radius 1 is 1.14 bits per heavy atom. The SMILES string of the molecule is CCC(C)Nc1cc(Nc2ccccc2C(F)(F)F)ncn1. The zero-order valence-electron chi connectivity index (χ0n) is 12.3. The summed E-state index contributed by atoms with van der Waals surface area (Å²) in [5.41, 5.74) is -0.770. The lowest BCUT2D eigenvalue weighted by molar-refractivity contribution is -0.136. The van der Waals surface area contributed by atoms with E-state index in [2.05, 4.69) is 20.6 Å². The van der Waals surface area contributed by atoms with Crippen LogP contribution in [0.4, 0.5) is 30.5 Å². The third kappa shape index (κ3) is 4.09. The van der Waals surface area contributed by atoms with Crippen molar-refractivity contribution in [2.45, 2.75) is 32.5 Å². The summed E-state index contributed by atoms with van der Waals surface area (Å²) in [6.07, 6.45) is -2.21. The summed E-state index contributed by atoms with van der Waals surface area (Å²) in [5, 5.41) is 5.85. The third-order valence-corrected chi connectivity index (χ3v) is 3.17. The maximum atomic E-state index is 13.0. The van der Waals surface area contributed by atoms with Crippen molar-refractivity contribution in [2.24, 2.45) is 0 Å². The van der Waals surface area contributed by atoms with Gasteiger partial charge in [0.2, 0.25) is 0 Å². The van der Waals surface area contributed by atoms with E-state index in [4.69, 9.17) is 0 Å². The predicted molar refractivity (Wildman–Crippen MR) is 80.1 cm³/mol. The summed E-state index contributed by atoms with van der Waals surface area (Å²) in [4.78, 5) is 8.02. The molecule has 0 fully saturated rings. The molecule has 1 unspecified atom stereocenters. The number of hydrogen-bond donors (Lipinski definition) is 2. The van der Waals surface area contributed by atoms with E-state index in [0.29, 0.717) is 11.6 Å². The molecule has 1 heterocycles. The number of para-hydroxylation sites is 1. The molecule has 0 radical (unpaired) electrons. The van der Waals surface area contributed by atoms with Gasteiger partial charge in [-0.05, 0) is 25.5 Å². The molecule has 4 nitrogen and oxygen atoms in total. The van der Waals surface area contributed by atoms with Crippen LogP contribution in [0.5, 0.6) is 0 Å². The molecule has 2 aromatic rings. The lowest BCUT2D eigenvalue weighted by atomic mass is 10.1. The number of nitrogens with zero attached hydrogens (tertiary/aromatic N) is 2. The average molecular weight is 310 g/mol. The summed E-state index contributed by atoms with van der Waals surface area (Å²) in [6.45, 7) is 4.02. The summed E-state index contributed by atoms with van der Waals surface area (Å²) in [5.74, 6) is 0.869. The second kappa shape index (κ2) is 6.64. The van der Waals surface area contributed by atoms with Crippen molar-refractivity contribution < 1.29 is 13.2 Å². The van der Waals surface area contributed by atoms with Crippen molar-refractivity contribution >= 4 is 17.3 Å². The van der Waals surface area contributed by atoms with Crippen molar-refractivity contribution in [3.63, 3.8) is 0 Å². The van der Waals surface area contributed by atoms with Gasteiger partial charge < -0.3 is 10.6 Å². The molecule has 0 saturated heterocycles. The number of benzene rings is 1. The van der Waals surface area contributed by atoms with Crippen LogP contribution in [0.3, 0.4) is 0 Å². The molecule has 7 heteroatoms. The molecule has 1 atom stereocenters. The van der Waals surface area contributed by atoms with Crippen molar-refractivity contribution in [3.8, 4) is 0 Å². The van der Waals surface area contributed by atoms with Gasteiger partial charge in [0, 0.05) is 12.1 Å². The number of aromatic nitrogens is 2. The first-order chi connectivity index (χ1) is 10.4. The van der Waals surface area contributed by atoms with Crippen molar-refractivity contribution in [2.75, 3.05) is 10.6 Å². The van der Waals surface area contributed by atoms with Gasteiger partial charge in [-0.25, -0.2) is 9.97 Å². The van der Waals surface area contributed by atoms with Crippen LogP contribution < -0.4 is 10.6 Å². The summed E-state index contributed by atoms with van der Waals surface area (Å²) >= 11 is 0. The summed E-state index contributed by atoms with van der Waals surface area (Å²) in [6, 6.07) is 7.08. The molecule has 2 rings (SSSR count). The van der Waals surface area contributed by atoms with Crippen molar-refractivity contribution in [1.82, 2.24) is 9.97 Å². The van der Waals surface area contributed by atoms with Crippen LogP contribution in [-0.4, -0.2) is 16.0 Å². The maximum absolute atomic E-state index is 13.0. The number of nitrogens with one attached hydrogen (secondary N) is 2. The fraction of sp³-hybridized carbons (Fsp3) is 0.333. The van der Waals surface area contributed by atoms with Gasteiger partial charge in [0.15, 0.2) is 0 Å². The molecular formula is C15H17F3N4. The molecule has 1 aromatic carbocycles. The molecule has 2 N–H and O–H groups in total. The van der Waals surface area contributed by atoms with E-state index < -0.39 is 11.7 Å². The van der Waals surface area contributed by atoms with Gasteiger partial charge in [-0.15, -0.1) is 0 Å². The van der Waals surface area contributed by atoms with E-state index in [1.165, 1.54) is 24.5 Å². The zero-order chi connectivity index (χ0) is 16.2. The van der Waals surface area contributed by atoms with Crippen LogP contribution in [0, 0.1) is 0 Å². The Kier molecular flexibility index (Phi) is 4.85. The molecule has 0 aliphatic rings. The van der Waals surface area contributed by atoms with Gasteiger partial charge in [0.05, 0.1) is 11.3 Å². The number of alkyl halides is 3. The molecule has 0 spiro atoms. The van der Waals surface area contributed by atoms with Gasteiger partial charge in [-0.1, -0.05) is 19.1 Å². The van der Waals surface area contributed by atoms with Crippen LogP contribution in [0.2, 0.25) is 0 Å². The number of anilines is 3. The minimum Gasteiger partial charge on any atom is -0.367 e. The van der Waals surface area contributed by atoms with E-state index in [9.17, 15) is 13.2 Å². The number of rotatable bonds is 5. The van der Waals surface area contributed by atoms with Crippen LogP contribution in [-0.2, 0) is 6.18 Å². The third-order valence-electron chi connectivity index (χ3n) is 3.17. The highest BCUT2D eigenvalue weighted by atomic mass is 19.4. The second-order valence-electron chi connectivity index (χ2n) is 4.91. The van der Waals surface area contributed by atoms with Crippen LogP contribution in [0.15, 0.2) is 36.7 Å². The van der Waals surface area contributed by atoms with E-state index in [1.54, 1.807) is 6.07 Å². The molecule has 0 bridgehead atoms. The smallest absolute Gasteiger partial charge is 0.367 e. The highest BCUT2D eigenvalue weighted by Gasteiger charge is 2.33. The van der Waals surface area contributed by atoms with Crippen LogP contribution in [0.1, 0.15) is 25.8 Å². The fourth-order valence-electron chi connectivity index (χ4n) is 1.84. The first kappa shape index (κ1) is 16.1. The van der Waals surface area contributed by atoms with E-state index in [0.717, 1.165) is 12.5 Å². The van der Waals surface area contributed by atoms with Crippen LogP contribution >= 0.6 is 0 Å². The Bertz CT molecular complexity index is 628. The number of halogens is 3. The predicted octanol–water partition coefficient (Wildman–Crippen LogP) is 4.45. The molecule has 0 amide bonds. The molecule has 0 saturated carbocycles. The van der Waals surface area contributed by atoms with Gasteiger partial charge in [-0.2, -0.15) is 13.2 Å². The molecular weight excluding hydrogens is 293 g/mol. The Morgan fingerprint density at radius 3 is 2.50 bits per heavy atom. The molecule has 0 aliphatic carbocycles. The van der Waals surface area contributed by atoms with Gasteiger partial charge in [0.25, 0.3) is 0 Å². The molecule has 1 aromatic heterocycles. The largest absolute Gasteiger partial charge is 0.418 e. The summed E-state index contributed by atoms with van der Waals surface area (Å²) in [7, 11) is 0. The first-order valence-corrected chi connectivity index (χ1v) is 6.92. The topological polar surface area (TPSA) is 49.8 Å². The summed E-state index contributed by atoms with van der Waals surface area (Å²) < 4.78 is 38.9. The number of hydrogen-bond acceptors (Lipinski definition) is 4. The normalized spacial score (nSPS) is 12.8. The Morgan fingerprint density at radius 2 is 1.82 bits per heavy atom. The molecule has 118 valence electrons. The fourth-order valence-corrected chi connectivity index (χ4v) is 1.84. The Labute approximate surface area is 126 Å². The van der Waals surface area contributed by atoms with E-state index >= 15 is 0 Å². The molecule has 0 aliphatic heterocycles. The maximum Gasteiger partial charge on any atom is 0.418 e. The lowest BCUT2D eigenvalue weighted by Crippen LogP contribution is -2.15. The van der Waals surface area contributed by atoms with E-state index in [-0.39, 0.29) is 11.7 Å². The van der Waals surface area contributed by atoms with Gasteiger partial charge in [-0.3, -0.25) is 0 Å². The second-order valence-corrected chi connectivity index (χ2v) is 4.91. The minimum absolute atomic E-state index is 0.0387. The highest BCUT2D eigenvalue weighted by molar-refractivity contribution is 5.63.